The second-order valence-corrected chi connectivity index (χ2v) is 8.24. The highest BCUT2D eigenvalue weighted by Gasteiger charge is 2.18. The first-order valence-corrected chi connectivity index (χ1v) is 10.4. The van der Waals surface area contributed by atoms with Crippen LogP contribution in [0.2, 0.25) is 0 Å². The van der Waals surface area contributed by atoms with Crippen molar-refractivity contribution in [2.24, 2.45) is 11.7 Å². The molecule has 3 rings (SSSR count). The van der Waals surface area contributed by atoms with Gasteiger partial charge in [0.05, 0.1) is 12.6 Å². The Bertz CT molecular complexity index is 868. The third-order valence-electron chi connectivity index (χ3n) is 3.46. The second-order valence-electron chi connectivity index (χ2n) is 5.64. The predicted molar refractivity (Wildman–Crippen MR) is 102 cm³/mol. The van der Waals surface area contributed by atoms with E-state index in [0.29, 0.717) is 23.2 Å². The van der Waals surface area contributed by atoms with Gasteiger partial charge in [-0.25, -0.2) is 19.7 Å². The van der Waals surface area contributed by atoms with Crippen molar-refractivity contribution in [1.82, 2.24) is 15.0 Å². The molecule has 0 aromatic carbocycles. The fourth-order valence-corrected chi connectivity index (χ4v) is 4.64. The standard InChI is InChI=1S/C16H18N4O2S3/c1-4-22-16(21)11-7-24-14(20-11)9-5-23-13(18-9)10-6-25-15(19-10)12(17)8(2)3/h5-8,12H,4,17H2,1-3H3/t12-/m0/s1. The van der Waals surface area contributed by atoms with Gasteiger partial charge in [-0.2, -0.15) is 0 Å². The molecule has 0 aliphatic heterocycles. The van der Waals surface area contributed by atoms with Crippen molar-refractivity contribution in [3.05, 3.63) is 26.8 Å². The molecule has 3 aromatic heterocycles. The summed E-state index contributed by atoms with van der Waals surface area (Å²) in [6.45, 7) is 6.26. The van der Waals surface area contributed by atoms with E-state index >= 15 is 0 Å². The van der Waals surface area contributed by atoms with Gasteiger partial charge in [-0.1, -0.05) is 13.8 Å². The van der Waals surface area contributed by atoms with E-state index in [4.69, 9.17) is 10.5 Å². The van der Waals surface area contributed by atoms with Gasteiger partial charge in [0.2, 0.25) is 0 Å². The number of hydrogen-bond acceptors (Lipinski definition) is 9. The Balaban J connectivity index is 1.80. The highest BCUT2D eigenvalue weighted by Crippen LogP contribution is 2.33. The third-order valence-corrected chi connectivity index (χ3v) is 6.13. The normalized spacial score (nSPS) is 12.5. The molecule has 9 heteroatoms. The summed E-state index contributed by atoms with van der Waals surface area (Å²) >= 11 is 4.43. The molecule has 0 saturated carbocycles. The van der Waals surface area contributed by atoms with E-state index in [0.717, 1.165) is 21.4 Å². The Morgan fingerprint density at radius 2 is 1.72 bits per heavy atom. The van der Waals surface area contributed by atoms with Crippen molar-refractivity contribution in [3.8, 4) is 21.4 Å². The maximum atomic E-state index is 11.7. The van der Waals surface area contributed by atoms with Gasteiger partial charge in [0.1, 0.15) is 26.4 Å². The summed E-state index contributed by atoms with van der Waals surface area (Å²) in [6.07, 6.45) is 0. The van der Waals surface area contributed by atoms with Gasteiger partial charge in [0, 0.05) is 16.1 Å². The molecule has 6 nitrogen and oxygen atoms in total. The Hall–Kier alpha value is -1.68. The average molecular weight is 395 g/mol. The van der Waals surface area contributed by atoms with Crippen LogP contribution in [0.5, 0.6) is 0 Å². The zero-order valence-corrected chi connectivity index (χ0v) is 16.5. The van der Waals surface area contributed by atoms with Crippen LogP contribution >= 0.6 is 34.0 Å². The average Bonchev–Trinajstić information content (AvgIpc) is 3.32. The number of carbonyl (C=O) groups is 1. The molecule has 0 fully saturated rings. The lowest BCUT2D eigenvalue weighted by Gasteiger charge is -2.11. The number of ether oxygens (including phenoxy) is 1. The highest BCUT2D eigenvalue weighted by molar-refractivity contribution is 7.16. The Kier molecular flexibility index (Phi) is 5.57. The van der Waals surface area contributed by atoms with E-state index in [9.17, 15) is 4.79 Å². The number of esters is 1. The van der Waals surface area contributed by atoms with Crippen molar-refractivity contribution in [1.29, 1.82) is 0 Å². The molecule has 3 heterocycles. The third kappa shape index (κ3) is 3.95. The van der Waals surface area contributed by atoms with E-state index < -0.39 is 5.97 Å². The summed E-state index contributed by atoms with van der Waals surface area (Å²) in [5.74, 6) is -0.0743. The fourth-order valence-electron chi connectivity index (χ4n) is 2.00. The summed E-state index contributed by atoms with van der Waals surface area (Å²) in [5.41, 5.74) is 8.04. The maximum absolute atomic E-state index is 11.7. The number of aromatic nitrogens is 3. The van der Waals surface area contributed by atoms with Crippen LogP contribution < -0.4 is 5.73 Å². The molecule has 0 aliphatic carbocycles. The molecule has 0 bridgehead atoms. The van der Waals surface area contributed by atoms with E-state index in [1.807, 2.05) is 10.8 Å². The van der Waals surface area contributed by atoms with Crippen LogP contribution in [0, 0.1) is 5.92 Å². The number of rotatable bonds is 6. The number of carbonyl (C=O) groups excluding carboxylic acids is 1. The molecule has 0 amide bonds. The van der Waals surface area contributed by atoms with Crippen LogP contribution in [0.25, 0.3) is 21.4 Å². The molecule has 132 valence electrons. The molecule has 2 N–H and O–H groups in total. The highest BCUT2D eigenvalue weighted by atomic mass is 32.1. The van der Waals surface area contributed by atoms with Gasteiger partial charge in [-0.05, 0) is 12.8 Å². The Labute approximate surface area is 157 Å². The SMILES string of the molecule is CCOC(=O)c1csc(-c2csc(-c3csc([C@@H](N)C(C)C)n3)n2)n1. The Morgan fingerprint density at radius 3 is 2.44 bits per heavy atom. The molecule has 0 saturated heterocycles. The zero-order valence-electron chi connectivity index (χ0n) is 14.1. The fraction of sp³-hybridized carbons (Fsp3) is 0.375. The molecular weight excluding hydrogens is 376 g/mol. The maximum Gasteiger partial charge on any atom is 0.357 e. The molecule has 3 aromatic rings. The first-order chi connectivity index (χ1) is 12.0. The van der Waals surface area contributed by atoms with Gasteiger partial charge < -0.3 is 10.5 Å². The van der Waals surface area contributed by atoms with E-state index in [1.54, 1.807) is 23.6 Å². The monoisotopic (exact) mass is 394 g/mol. The number of hydrogen-bond donors (Lipinski definition) is 1. The van der Waals surface area contributed by atoms with Crippen molar-refractivity contribution in [2.75, 3.05) is 6.61 Å². The lowest BCUT2D eigenvalue weighted by molar-refractivity contribution is 0.0520. The van der Waals surface area contributed by atoms with Crippen molar-refractivity contribution < 1.29 is 9.53 Å². The molecular formula is C16H18N4O2S3. The topological polar surface area (TPSA) is 91.0 Å². The van der Waals surface area contributed by atoms with Crippen LogP contribution in [-0.2, 0) is 4.74 Å². The first kappa shape index (κ1) is 18.1. The van der Waals surface area contributed by atoms with Gasteiger partial charge in [-0.15, -0.1) is 34.0 Å². The van der Waals surface area contributed by atoms with E-state index in [1.165, 1.54) is 22.7 Å². The molecule has 0 aliphatic rings. The van der Waals surface area contributed by atoms with Crippen molar-refractivity contribution in [2.45, 2.75) is 26.8 Å². The summed E-state index contributed by atoms with van der Waals surface area (Å²) < 4.78 is 4.96. The first-order valence-electron chi connectivity index (χ1n) is 7.79. The Morgan fingerprint density at radius 1 is 1.08 bits per heavy atom. The minimum absolute atomic E-state index is 0.0655. The van der Waals surface area contributed by atoms with Crippen LogP contribution in [0.1, 0.15) is 42.3 Å². The lowest BCUT2D eigenvalue weighted by Crippen LogP contribution is -2.16. The molecule has 0 radical (unpaired) electrons. The van der Waals surface area contributed by atoms with Gasteiger partial charge in [-0.3, -0.25) is 0 Å². The lowest BCUT2D eigenvalue weighted by atomic mass is 10.1. The minimum Gasteiger partial charge on any atom is -0.461 e. The molecule has 0 unspecified atom stereocenters. The zero-order chi connectivity index (χ0) is 18.0. The van der Waals surface area contributed by atoms with Crippen molar-refractivity contribution in [3.63, 3.8) is 0 Å². The number of thiazole rings is 3. The largest absolute Gasteiger partial charge is 0.461 e. The number of nitrogens with zero attached hydrogens (tertiary/aromatic N) is 3. The van der Waals surface area contributed by atoms with Crippen LogP contribution in [0.15, 0.2) is 16.1 Å². The minimum atomic E-state index is -0.410. The van der Waals surface area contributed by atoms with Crippen LogP contribution in [0.3, 0.4) is 0 Å². The molecule has 1 atom stereocenters. The van der Waals surface area contributed by atoms with Crippen LogP contribution in [0.4, 0.5) is 0 Å². The van der Waals surface area contributed by atoms with E-state index in [-0.39, 0.29) is 6.04 Å². The second kappa shape index (κ2) is 7.69. The molecule has 0 spiro atoms. The summed E-state index contributed by atoms with van der Waals surface area (Å²) in [5, 5.41) is 8.02. The van der Waals surface area contributed by atoms with Gasteiger partial charge in [0.15, 0.2) is 5.69 Å². The predicted octanol–water partition coefficient (Wildman–Crippen LogP) is 4.22. The summed E-state index contributed by atoms with van der Waals surface area (Å²) in [4.78, 5) is 25.3. The van der Waals surface area contributed by atoms with E-state index in [2.05, 4.69) is 28.8 Å². The van der Waals surface area contributed by atoms with Gasteiger partial charge >= 0.3 is 5.97 Å². The van der Waals surface area contributed by atoms with Gasteiger partial charge in [0.25, 0.3) is 0 Å². The van der Waals surface area contributed by atoms with Crippen molar-refractivity contribution >= 4 is 40.0 Å². The summed E-state index contributed by atoms with van der Waals surface area (Å²) in [6, 6.07) is -0.0655. The smallest absolute Gasteiger partial charge is 0.357 e. The van der Waals surface area contributed by atoms with Crippen LogP contribution in [-0.4, -0.2) is 27.5 Å². The molecule has 25 heavy (non-hydrogen) atoms. The quantitative estimate of drug-likeness (QED) is 0.629. The summed E-state index contributed by atoms with van der Waals surface area (Å²) in [7, 11) is 0. The number of nitrogens with two attached hydrogens (primary N) is 1.